The lowest BCUT2D eigenvalue weighted by Crippen LogP contribution is -2.39. The molecule has 2 aliphatic rings. The maximum Gasteiger partial charge on any atom is 0.226 e. The number of aromatic nitrogens is 4. The molecular formula is C18H24N6O. The summed E-state index contributed by atoms with van der Waals surface area (Å²) in [5.74, 6) is 2.20. The van der Waals surface area contributed by atoms with Crippen molar-refractivity contribution in [1.29, 1.82) is 0 Å². The molecule has 1 aliphatic carbocycles. The quantitative estimate of drug-likeness (QED) is 0.780. The number of anilines is 1. The SMILES string of the molecule is Cc1nnc2ccc(N3CCCN(C(=O)C4CC=CCC4)CC3)nn12. The van der Waals surface area contributed by atoms with Crippen molar-refractivity contribution < 1.29 is 4.79 Å². The molecule has 2 aromatic rings. The van der Waals surface area contributed by atoms with Crippen LogP contribution in [-0.4, -0.2) is 56.8 Å². The summed E-state index contributed by atoms with van der Waals surface area (Å²) < 4.78 is 1.78. The van der Waals surface area contributed by atoms with E-state index in [0.717, 1.165) is 69.2 Å². The van der Waals surface area contributed by atoms with Gasteiger partial charge in [0.15, 0.2) is 11.5 Å². The topological polar surface area (TPSA) is 66.6 Å². The summed E-state index contributed by atoms with van der Waals surface area (Å²) in [5.41, 5.74) is 0.762. The van der Waals surface area contributed by atoms with E-state index in [-0.39, 0.29) is 5.92 Å². The summed E-state index contributed by atoms with van der Waals surface area (Å²) in [5, 5.41) is 12.8. The van der Waals surface area contributed by atoms with Crippen LogP contribution in [0, 0.1) is 12.8 Å². The van der Waals surface area contributed by atoms with Crippen LogP contribution in [0.1, 0.15) is 31.5 Å². The molecule has 0 radical (unpaired) electrons. The monoisotopic (exact) mass is 340 g/mol. The maximum atomic E-state index is 12.8. The van der Waals surface area contributed by atoms with E-state index in [2.05, 4.69) is 32.3 Å². The lowest BCUT2D eigenvalue weighted by Gasteiger charge is -2.27. The molecule has 1 atom stereocenters. The van der Waals surface area contributed by atoms with Crippen molar-refractivity contribution >= 4 is 17.4 Å². The molecule has 7 heteroatoms. The van der Waals surface area contributed by atoms with Crippen LogP contribution in [0.15, 0.2) is 24.3 Å². The van der Waals surface area contributed by atoms with Crippen LogP contribution in [0.3, 0.4) is 0 Å². The summed E-state index contributed by atoms with van der Waals surface area (Å²) >= 11 is 0. The molecule has 25 heavy (non-hydrogen) atoms. The molecule has 0 aromatic carbocycles. The number of rotatable bonds is 2. The van der Waals surface area contributed by atoms with Gasteiger partial charge in [-0.1, -0.05) is 12.2 Å². The van der Waals surface area contributed by atoms with Gasteiger partial charge < -0.3 is 9.80 Å². The second-order valence-corrected chi connectivity index (χ2v) is 6.86. The molecule has 0 bridgehead atoms. The molecular weight excluding hydrogens is 316 g/mol. The molecule has 2 aromatic heterocycles. The number of allylic oxidation sites excluding steroid dienone is 2. The molecule has 7 nitrogen and oxygen atoms in total. The number of hydrogen-bond acceptors (Lipinski definition) is 5. The largest absolute Gasteiger partial charge is 0.353 e. The van der Waals surface area contributed by atoms with Gasteiger partial charge in [-0.15, -0.1) is 15.3 Å². The molecule has 0 saturated carbocycles. The Labute approximate surface area is 147 Å². The predicted molar refractivity (Wildman–Crippen MR) is 95.4 cm³/mol. The zero-order chi connectivity index (χ0) is 17.2. The van der Waals surface area contributed by atoms with Gasteiger partial charge in [-0.05, 0) is 44.7 Å². The number of nitrogens with zero attached hydrogens (tertiary/aromatic N) is 6. The number of amides is 1. The van der Waals surface area contributed by atoms with Gasteiger partial charge in [0, 0.05) is 32.1 Å². The number of aryl methyl sites for hydroxylation is 1. The summed E-state index contributed by atoms with van der Waals surface area (Å²) in [7, 11) is 0. The van der Waals surface area contributed by atoms with E-state index in [4.69, 9.17) is 0 Å². The Morgan fingerprint density at radius 2 is 2.04 bits per heavy atom. The fourth-order valence-corrected chi connectivity index (χ4v) is 3.70. The average Bonchev–Trinajstić information content (AvgIpc) is 2.87. The molecule has 0 N–H and O–H groups in total. The smallest absolute Gasteiger partial charge is 0.226 e. The van der Waals surface area contributed by atoms with Crippen LogP contribution < -0.4 is 4.90 Å². The summed E-state index contributed by atoms with van der Waals surface area (Å²) in [6, 6.07) is 3.94. The first-order chi connectivity index (χ1) is 12.2. The van der Waals surface area contributed by atoms with Crippen molar-refractivity contribution in [2.45, 2.75) is 32.6 Å². The van der Waals surface area contributed by atoms with E-state index in [9.17, 15) is 4.79 Å². The third-order valence-electron chi connectivity index (χ3n) is 5.15. The normalized spacial score (nSPS) is 21.6. The van der Waals surface area contributed by atoms with E-state index >= 15 is 0 Å². The zero-order valence-corrected chi connectivity index (χ0v) is 14.6. The third kappa shape index (κ3) is 3.23. The molecule has 3 heterocycles. The first-order valence-corrected chi connectivity index (χ1v) is 9.10. The van der Waals surface area contributed by atoms with E-state index in [1.54, 1.807) is 4.52 Å². The van der Waals surface area contributed by atoms with Crippen molar-refractivity contribution in [1.82, 2.24) is 24.7 Å². The highest BCUT2D eigenvalue weighted by atomic mass is 16.2. The summed E-state index contributed by atoms with van der Waals surface area (Å²) in [6.45, 7) is 5.23. The van der Waals surface area contributed by atoms with Gasteiger partial charge in [-0.3, -0.25) is 4.79 Å². The minimum atomic E-state index is 0.172. The number of fused-ring (bicyclic) bond motifs is 1. The highest BCUT2D eigenvalue weighted by molar-refractivity contribution is 5.79. The van der Waals surface area contributed by atoms with Crippen molar-refractivity contribution in [3.05, 3.63) is 30.1 Å². The fraction of sp³-hybridized carbons (Fsp3) is 0.556. The molecule has 1 aliphatic heterocycles. The van der Waals surface area contributed by atoms with Gasteiger partial charge in [0.05, 0.1) is 0 Å². The molecule has 4 rings (SSSR count). The lowest BCUT2D eigenvalue weighted by molar-refractivity contribution is -0.135. The standard InChI is InChI=1S/C18H24N6O/c1-14-19-20-16-8-9-17(21-24(14)16)22-10-5-11-23(13-12-22)18(25)15-6-3-2-4-7-15/h2-3,8-9,15H,4-7,10-13H2,1H3. The van der Waals surface area contributed by atoms with Crippen LogP contribution in [0.25, 0.3) is 5.65 Å². The van der Waals surface area contributed by atoms with Crippen LogP contribution in [0.5, 0.6) is 0 Å². The highest BCUT2D eigenvalue weighted by Crippen LogP contribution is 2.22. The van der Waals surface area contributed by atoms with Gasteiger partial charge in [0.2, 0.25) is 5.91 Å². The Morgan fingerprint density at radius 3 is 2.88 bits per heavy atom. The first-order valence-electron chi connectivity index (χ1n) is 9.10. The van der Waals surface area contributed by atoms with Crippen LogP contribution >= 0.6 is 0 Å². The Bertz CT molecular complexity index is 798. The highest BCUT2D eigenvalue weighted by Gasteiger charge is 2.26. The van der Waals surface area contributed by atoms with Crippen molar-refractivity contribution in [3.63, 3.8) is 0 Å². The van der Waals surface area contributed by atoms with E-state index in [0.29, 0.717) is 5.91 Å². The van der Waals surface area contributed by atoms with Crippen molar-refractivity contribution in [2.24, 2.45) is 5.92 Å². The van der Waals surface area contributed by atoms with Gasteiger partial charge in [-0.2, -0.15) is 4.52 Å². The van der Waals surface area contributed by atoms with Crippen LogP contribution in [0.4, 0.5) is 5.82 Å². The molecule has 1 saturated heterocycles. The Balaban J connectivity index is 1.45. The first kappa shape index (κ1) is 16.1. The van der Waals surface area contributed by atoms with E-state index < -0.39 is 0 Å². The van der Waals surface area contributed by atoms with Gasteiger partial charge in [0.1, 0.15) is 5.82 Å². The summed E-state index contributed by atoms with van der Waals surface area (Å²) in [6.07, 6.45) is 8.21. The van der Waals surface area contributed by atoms with Gasteiger partial charge >= 0.3 is 0 Å². The van der Waals surface area contributed by atoms with Crippen molar-refractivity contribution in [3.8, 4) is 0 Å². The zero-order valence-electron chi connectivity index (χ0n) is 14.6. The lowest BCUT2D eigenvalue weighted by atomic mass is 9.93. The molecule has 132 valence electrons. The second kappa shape index (κ2) is 6.82. The Kier molecular flexibility index (Phi) is 4.38. The Morgan fingerprint density at radius 1 is 1.12 bits per heavy atom. The van der Waals surface area contributed by atoms with Gasteiger partial charge in [-0.25, -0.2) is 0 Å². The third-order valence-corrected chi connectivity index (χ3v) is 5.15. The molecule has 0 spiro atoms. The van der Waals surface area contributed by atoms with Gasteiger partial charge in [0.25, 0.3) is 0 Å². The molecule has 1 amide bonds. The second-order valence-electron chi connectivity index (χ2n) is 6.86. The molecule has 1 unspecified atom stereocenters. The Hall–Kier alpha value is -2.44. The van der Waals surface area contributed by atoms with E-state index in [1.165, 1.54) is 0 Å². The minimum Gasteiger partial charge on any atom is -0.353 e. The summed E-state index contributed by atoms with van der Waals surface area (Å²) in [4.78, 5) is 17.1. The minimum absolute atomic E-state index is 0.172. The maximum absolute atomic E-state index is 12.8. The number of carbonyl (C=O) groups excluding carboxylic acids is 1. The molecule has 1 fully saturated rings. The predicted octanol–water partition coefficient (Wildman–Crippen LogP) is 1.83. The van der Waals surface area contributed by atoms with Crippen LogP contribution in [-0.2, 0) is 4.79 Å². The van der Waals surface area contributed by atoms with Crippen LogP contribution in [0.2, 0.25) is 0 Å². The number of carbonyl (C=O) groups is 1. The number of hydrogen-bond donors (Lipinski definition) is 0. The fourth-order valence-electron chi connectivity index (χ4n) is 3.70. The average molecular weight is 340 g/mol. The van der Waals surface area contributed by atoms with Crippen molar-refractivity contribution in [2.75, 3.05) is 31.1 Å². The van der Waals surface area contributed by atoms with E-state index in [1.807, 2.05) is 24.0 Å².